The Morgan fingerprint density at radius 3 is 2.33 bits per heavy atom. The third kappa shape index (κ3) is 4.19. The molecule has 0 aliphatic heterocycles. The summed E-state index contributed by atoms with van der Waals surface area (Å²) in [4.78, 5) is 0.768. The van der Waals surface area contributed by atoms with Crippen LogP contribution in [0.1, 0.15) is 4.88 Å². The van der Waals surface area contributed by atoms with Crippen molar-refractivity contribution in [3.05, 3.63) is 31.7 Å². The summed E-state index contributed by atoms with van der Waals surface area (Å²) in [6, 6.07) is 5.83. The molecule has 9 heteroatoms. The maximum absolute atomic E-state index is 7.34. The zero-order chi connectivity index (χ0) is 10.3. The van der Waals surface area contributed by atoms with Crippen LogP contribution in [0.2, 0.25) is 5.02 Å². The maximum atomic E-state index is 7.34. The second kappa shape index (κ2) is 8.86. The number of rotatable bonds is 1. The highest BCUT2D eigenvalue weighted by atomic mass is 127. The third-order valence-electron chi connectivity index (χ3n) is 1.85. The second-order valence-corrected chi connectivity index (χ2v) is 5.42. The van der Waals surface area contributed by atoms with Gasteiger partial charge in [-0.1, -0.05) is 11.6 Å². The van der Waals surface area contributed by atoms with E-state index in [0.717, 1.165) is 23.6 Å². The molecular formula is C9H13Cl2IN2O3S. The molecule has 0 saturated carbocycles. The summed E-state index contributed by atoms with van der Waals surface area (Å²) in [6.45, 7) is 0. The summed E-state index contributed by atoms with van der Waals surface area (Å²) in [5.74, 6) is 0.0947. The van der Waals surface area contributed by atoms with Crippen LogP contribution in [0, 0.1) is 8.98 Å². The summed E-state index contributed by atoms with van der Waals surface area (Å²) in [6.07, 6.45) is 0. The van der Waals surface area contributed by atoms with E-state index in [0.29, 0.717) is 0 Å². The highest BCUT2D eigenvalue weighted by molar-refractivity contribution is 14.1. The van der Waals surface area contributed by atoms with Gasteiger partial charge in [-0.3, -0.25) is 5.41 Å². The molecule has 1 heterocycles. The van der Waals surface area contributed by atoms with Crippen molar-refractivity contribution in [2.45, 2.75) is 0 Å². The average Bonchev–Trinajstić information content (AvgIpc) is 2.56. The number of nitrogens with one attached hydrogen (secondary N) is 1. The number of hydrogen-bond acceptors (Lipinski definition) is 2. The Bertz CT molecular complexity index is 536. The Morgan fingerprint density at radius 2 is 1.83 bits per heavy atom. The predicted octanol–water partition coefficient (Wildman–Crippen LogP) is 1.39. The molecule has 0 spiro atoms. The Hall–Kier alpha value is -0.160. The number of benzene rings is 1. The molecule has 5 nitrogen and oxygen atoms in total. The first-order valence-corrected chi connectivity index (χ1v) is 6.09. The van der Waals surface area contributed by atoms with Crippen molar-refractivity contribution in [2.75, 3.05) is 0 Å². The van der Waals surface area contributed by atoms with E-state index < -0.39 is 0 Å². The monoisotopic (exact) mass is 426 g/mol. The van der Waals surface area contributed by atoms with Gasteiger partial charge in [0.2, 0.25) is 0 Å². The van der Waals surface area contributed by atoms with Crippen LogP contribution in [-0.2, 0) is 0 Å². The molecule has 1 aromatic heterocycles. The van der Waals surface area contributed by atoms with Crippen LogP contribution < -0.4 is 5.73 Å². The first kappa shape index (κ1) is 23.0. The first-order valence-electron chi connectivity index (χ1n) is 3.81. The quantitative estimate of drug-likeness (QED) is 0.396. The van der Waals surface area contributed by atoms with E-state index in [1.165, 1.54) is 11.3 Å². The molecule has 1 aromatic carbocycles. The largest absolute Gasteiger partial charge is 0.412 e. The molecule has 0 aliphatic carbocycles. The van der Waals surface area contributed by atoms with Crippen molar-refractivity contribution in [3.8, 4) is 0 Å². The van der Waals surface area contributed by atoms with E-state index >= 15 is 0 Å². The normalized spacial score (nSPS) is 8.33. The van der Waals surface area contributed by atoms with Crippen molar-refractivity contribution >= 4 is 73.9 Å². The minimum Gasteiger partial charge on any atom is -0.412 e. The van der Waals surface area contributed by atoms with Gasteiger partial charge in [0, 0.05) is 13.7 Å². The summed E-state index contributed by atoms with van der Waals surface area (Å²) in [7, 11) is 0. The van der Waals surface area contributed by atoms with Gasteiger partial charge in [-0.25, -0.2) is 0 Å². The second-order valence-electron chi connectivity index (χ2n) is 2.80. The van der Waals surface area contributed by atoms with Gasteiger partial charge in [0.1, 0.15) is 5.84 Å². The molecule has 0 aliphatic rings. The fourth-order valence-corrected chi connectivity index (χ4v) is 2.86. The molecule has 9 N–H and O–H groups in total. The van der Waals surface area contributed by atoms with Crippen LogP contribution in [0.4, 0.5) is 0 Å². The minimum absolute atomic E-state index is 0. The molecule has 0 atom stereocenters. The fourth-order valence-electron chi connectivity index (χ4n) is 1.18. The van der Waals surface area contributed by atoms with E-state index in [4.69, 9.17) is 22.7 Å². The Balaban J connectivity index is -0.000000562. The lowest BCUT2D eigenvalue weighted by Crippen LogP contribution is -2.08. The molecule has 0 saturated heterocycles. The third-order valence-corrected chi connectivity index (χ3v) is 4.61. The topological polar surface area (TPSA) is 144 Å². The number of halogens is 3. The van der Waals surface area contributed by atoms with Crippen LogP contribution in [-0.4, -0.2) is 22.3 Å². The number of thiophene rings is 1. The summed E-state index contributed by atoms with van der Waals surface area (Å²) < 4.78 is 2.09. The van der Waals surface area contributed by atoms with Gasteiger partial charge in [-0.05, 0) is 40.8 Å². The van der Waals surface area contributed by atoms with Crippen molar-refractivity contribution in [2.24, 2.45) is 5.73 Å². The molecule has 104 valence electrons. The molecule has 0 amide bonds. The Morgan fingerprint density at radius 1 is 1.28 bits per heavy atom. The van der Waals surface area contributed by atoms with Gasteiger partial charge in [0.15, 0.2) is 0 Å². The van der Waals surface area contributed by atoms with Gasteiger partial charge in [-0.15, -0.1) is 23.7 Å². The van der Waals surface area contributed by atoms with Gasteiger partial charge in [0.05, 0.1) is 9.90 Å². The summed E-state index contributed by atoms with van der Waals surface area (Å²) in [5, 5.41) is 9.06. The lowest BCUT2D eigenvalue weighted by molar-refractivity contribution is 0.823. The summed E-state index contributed by atoms with van der Waals surface area (Å²) in [5.41, 5.74) is 5.41. The zero-order valence-electron chi connectivity index (χ0n) is 8.88. The summed E-state index contributed by atoms with van der Waals surface area (Å²) >= 11 is 9.81. The highest BCUT2D eigenvalue weighted by Crippen LogP contribution is 2.33. The van der Waals surface area contributed by atoms with E-state index in [1.54, 1.807) is 0 Å². The Kier molecular flexibility index (Phi) is 11.3. The van der Waals surface area contributed by atoms with Crippen LogP contribution >= 0.6 is 57.9 Å². The lowest BCUT2D eigenvalue weighted by Gasteiger charge is -1.95. The minimum atomic E-state index is 0. The van der Waals surface area contributed by atoms with Crippen molar-refractivity contribution in [1.29, 1.82) is 5.41 Å². The molecule has 2 aromatic rings. The molecule has 0 radical (unpaired) electrons. The number of hydrogen-bond donors (Lipinski definition) is 2. The van der Waals surface area contributed by atoms with Gasteiger partial charge in [-0.2, -0.15) is 0 Å². The number of nitrogen functional groups attached to an aromatic ring is 1. The van der Waals surface area contributed by atoms with E-state index in [2.05, 4.69) is 22.6 Å². The Labute approximate surface area is 132 Å². The van der Waals surface area contributed by atoms with Gasteiger partial charge >= 0.3 is 0 Å². The van der Waals surface area contributed by atoms with Crippen LogP contribution in [0.5, 0.6) is 0 Å². The van der Waals surface area contributed by atoms with E-state index in [-0.39, 0.29) is 34.7 Å². The first-order chi connectivity index (χ1) is 6.59. The smallest absolute Gasteiger partial charge is 0.133 e. The standard InChI is InChI=1S/C9H6ClIN2S.ClH.3H2O/c10-8-4-3-7(9(12)13)14-6(4)2-1-5(8)11;;;;/h1-3H,(H3,12,13);1H;3*1H2. The van der Waals surface area contributed by atoms with Crippen LogP contribution in [0.15, 0.2) is 18.2 Å². The fraction of sp³-hybridized carbons (Fsp3) is 0. The van der Waals surface area contributed by atoms with E-state index in [9.17, 15) is 0 Å². The van der Waals surface area contributed by atoms with Crippen molar-refractivity contribution < 1.29 is 16.4 Å². The lowest BCUT2D eigenvalue weighted by atomic mass is 10.2. The van der Waals surface area contributed by atoms with Crippen LogP contribution in [0.25, 0.3) is 10.1 Å². The van der Waals surface area contributed by atoms with Gasteiger partial charge < -0.3 is 22.2 Å². The predicted molar refractivity (Wildman–Crippen MR) is 88.7 cm³/mol. The SMILES string of the molecule is Cl.N=C(N)c1cc2c(Cl)c(I)ccc2s1.O.O.O. The molecule has 0 fully saturated rings. The van der Waals surface area contributed by atoms with Crippen LogP contribution in [0.3, 0.4) is 0 Å². The molecule has 0 unspecified atom stereocenters. The highest BCUT2D eigenvalue weighted by Gasteiger charge is 2.08. The van der Waals surface area contributed by atoms with Gasteiger partial charge in [0.25, 0.3) is 0 Å². The molecular weight excluding hydrogens is 414 g/mol. The van der Waals surface area contributed by atoms with E-state index in [1.807, 2.05) is 18.2 Å². The molecule has 2 rings (SSSR count). The average molecular weight is 427 g/mol. The molecule has 0 bridgehead atoms. The van der Waals surface area contributed by atoms with Crippen molar-refractivity contribution in [3.63, 3.8) is 0 Å². The molecule has 18 heavy (non-hydrogen) atoms. The number of amidine groups is 1. The number of nitrogens with two attached hydrogens (primary N) is 1. The van der Waals surface area contributed by atoms with Crippen molar-refractivity contribution in [1.82, 2.24) is 0 Å². The maximum Gasteiger partial charge on any atom is 0.133 e. The number of fused-ring (bicyclic) bond motifs is 1. The zero-order valence-corrected chi connectivity index (χ0v) is 13.4.